The molecule has 6 nitrogen and oxygen atoms in total. The van der Waals surface area contributed by atoms with Crippen molar-refractivity contribution in [3.63, 3.8) is 0 Å². The first kappa shape index (κ1) is 20.1. The van der Waals surface area contributed by atoms with E-state index in [1.807, 2.05) is 31.2 Å². The van der Waals surface area contributed by atoms with Gasteiger partial charge in [-0.15, -0.1) is 0 Å². The molecular formula is C23H21NO5. The highest BCUT2D eigenvalue weighted by molar-refractivity contribution is 5.96. The van der Waals surface area contributed by atoms with Gasteiger partial charge in [0.05, 0.1) is 6.61 Å². The first-order valence-corrected chi connectivity index (χ1v) is 9.25. The lowest BCUT2D eigenvalue weighted by Crippen LogP contribution is -2.29. The average Bonchev–Trinajstić information content (AvgIpc) is 2.72. The molecule has 0 unspecified atom stereocenters. The van der Waals surface area contributed by atoms with Crippen LogP contribution in [0.1, 0.15) is 27.9 Å². The summed E-state index contributed by atoms with van der Waals surface area (Å²) >= 11 is 0. The Morgan fingerprint density at radius 1 is 1.10 bits per heavy atom. The van der Waals surface area contributed by atoms with Gasteiger partial charge in [-0.25, -0.2) is 9.59 Å². The number of para-hydroxylation sites is 1. The molecule has 3 aromatic rings. The fourth-order valence-corrected chi connectivity index (χ4v) is 2.65. The minimum Gasteiger partial charge on any atom is -0.462 e. The molecule has 0 atom stereocenters. The van der Waals surface area contributed by atoms with Crippen LogP contribution in [0.15, 0.2) is 69.9 Å². The maximum atomic E-state index is 12.2. The van der Waals surface area contributed by atoms with Crippen molar-refractivity contribution >= 4 is 28.9 Å². The fraction of sp³-hybridized carbons (Fsp3) is 0.174. The summed E-state index contributed by atoms with van der Waals surface area (Å²) in [7, 11) is 0. The van der Waals surface area contributed by atoms with Crippen LogP contribution in [0.2, 0.25) is 0 Å². The zero-order valence-corrected chi connectivity index (χ0v) is 16.0. The Balaban J connectivity index is 1.43. The van der Waals surface area contributed by atoms with E-state index in [0.717, 1.165) is 11.1 Å². The van der Waals surface area contributed by atoms with Crippen LogP contribution in [0.5, 0.6) is 0 Å². The first-order valence-electron chi connectivity index (χ1n) is 9.25. The van der Waals surface area contributed by atoms with Gasteiger partial charge in [-0.2, -0.15) is 0 Å². The lowest BCUT2D eigenvalue weighted by molar-refractivity contribution is -0.137. The standard InChI is InChI=1S/C23H21NO5/c1-16-7-9-17(10-8-16)11-12-21(25)28-14-4-13-24-22(26)19-15-18-5-2-3-6-20(18)29-23(19)27/h2-3,5-12,15H,4,13-14H2,1H3,(H,24,26)/b12-11+. The molecule has 1 heterocycles. The van der Waals surface area contributed by atoms with Gasteiger partial charge in [0.1, 0.15) is 11.1 Å². The van der Waals surface area contributed by atoms with Crippen LogP contribution in [0.3, 0.4) is 0 Å². The van der Waals surface area contributed by atoms with Crippen molar-refractivity contribution in [2.24, 2.45) is 0 Å². The third-order valence-corrected chi connectivity index (χ3v) is 4.23. The third kappa shape index (κ3) is 5.65. The van der Waals surface area contributed by atoms with Gasteiger partial charge in [0.25, 0.3) is 5.91 Å². The van der Waals surface area contributed by atoms with Gasteiger partial charge < -0.3 is 14.5 Å². The molecule has 6 heteroatoms. The molecule has 0 fully saturated rings. The Kier molecular flexibility index (Phi) is 6.58. The Morgan fingerprint density at radius 3 is 2.66 bits per heavy atom. The summed E-state index contributed by atoms with van der Waals surface area (Å²) in [5, 5.41) is 3.31. The van der Waals surface area contributed by atoms with Gasteiger partial charge in [0.15, 0.2) is 0 Å². The number of hydrogen-bond acceptors (Lipinski definition) is 5. The van der Waals surface area contributed by atoms with Crippen LogP contribution >= 0.6 is 0 Å². The van der Waals surface area contributed by atoms with E-state index in [0.29, 0.717) is 17.4 Å². The number of nitrogens with one attached hydrogen (secondary N) is 1. The molecule has 0 aliphatic rings. The molecule has 0 aliphatic heterocycles. The predicted molar refractivity (Wildman–Crippen MR) is 111 cm³/mol. The fourth-order valence-electron chi connectivity index (χ4n) is 2.65. The van der Waals surface area contributed by atoms with E-state index >= 15 is 0 Å². The number of carbonyl (C=O) groups excluding carboxylic acids is 2. The number of esters is 1. The zero-order valence-electron chi connectivity index (χ0n) is 16.0. The topological polar surface area (TPSA) is 85.6 Å². The molecule has 148 valence electrons. The molecule has 0 saturated carbocycles. The quantitative estimate of drug-likeness (QED) is 0.288. The molecule has 1 amide bonds. The van der Waals surface area contributed by atoms with E-state index in [1.165, 1.54) is 12.1 Å². The monoisotopic (exact) mass is 391 g/mol. The second kappa shape index (κ2) is 9.50. The number of rotatable bonds is 7. The number of hydrogen-bond donors (Lipinski definition) is 1. The summed E-state index contributed by atoms with van der Waals surface area (Å²) in [6.45, 7) is 2.41. The molecule has 2 aromatic carbocycles. The van der Waals surface area contributed by atoms with E-state index < -0.39 is 17.5 Å². The summed E-state index contributed by atoms with van der Waals surface area (Å²) < 4.78 is 10.2. The number of aryl methyl sites for hydroxylation is 1. The summed E-state index contributed by atoms with van der Waals surface area (Å²) in [5.41, 5.74) is 1.75. The zero-order chi connectivity index (χ0) is 20.6. The number of fused-ring (bicyclic) bond motifs is 1. The van der Waals surface area contributed by atoms with E-state index in [9.17, 15) is 14.4 Å². The first-order chi connectivity index (χ1) is 14.0. The molecule has 0 saturated heterocycles. The third-order valence-electron chi connectivity index (χ3n) is 4.23. The van der Waals surface area contributed by atoms with E-state index in [-0.39, 0.29) is 18.7 Å². The van der Waals surface area contributed by atoms with E-state index in [1.54, 1.807) is 30.3 Å². The second-order valence-electron chi connectivity index (χ2n) is 6.51. The number of benzene rings is 2. The van der Waals surface area contributed by atoms with Crippen molar-refractivity contribution in [1.29, 1.82) is 0 Å². The highest BCUT2D eigenvalue weighted by atomic mass is 16.5. The summed E-state index contributed by atoms with van der Waals surface area (Å²) in [6.07, 6.45) is 3.47. The second-order valence-corrected chi connectivity index (χ2v) is 6.51. The van der Waals surface area contributed by atoms with Crippen LogP contribution in [0.25, 0.3) is 17.0 Å². The van der Waals surface area contributed by atoms with Crippen LogP contribution < -0.4 is 10.9 Å². The van der Waals surface area contributed by atoms with E-state index in [2.05, 4.69) is 5.32 Å². The minimum absolute atomic E-state index is 0.0540. The molecule has 0 radical (unpaired) electrons. The highest BCUT2D eigenvalue weighted by Gasteiger charge is 2.13. The SMILES string of the molecule is Cc1ccc(/C=C/C(=O)OCCCNC(=O)c2cc3ccccc3oc2=O)cc1. The highest BCUT2D eigenvalue weighted by Crippen LogP contribution is 2.12. The molecule has 0 aliphatic carbocycles. The van der Waals surface area contributed by atoms with Gasteiger partial charge in [-0.3, -0.25) is 4.79 Å². The van der Waals surface area contributed by atoms with Gasteiger partial charge in [-0.05, 0) is 37.1 Å². The number of carbonyl (C=O) groups is 2. The average molecular weight is 391 g/mol. The molecule has 29 heavy (non-hydrogen) atoms. The van der Waals surface area contributed by atoms with Crippen LogP contribution in [-0.2, 0) is 9.53 Å². The van der Waals surface area contributed by atoms with Gasteiger partial charge in [0.2, 0.25) is 0 Å². The summed E-state index contributed by atoms with van der Waals surface area (Å²) in [6, 6.07) is 16.2. The Hall–Kier alpha value is -3.67. The van der Waals surface area contributed by atoms with Crippen molar-refractivity contribution in [2.45, 2.75) is 13.3 Å². The predicted octanol–water partition coefficient (Wildman–Crippen LogP) is 3.48. The number of ether oxygens (including phenoxy) is 1. The van der Waals surface area contributed by atoms with Gasteiger partial charge in [0, 0.05) is 18.0 Å². The lowest BCUT2D eigenvalue weighted by Gasteiger charge is -2.05. The maximum Gasteiger partial charge on any atom is 0.349 e. The smallest absolute Gasteiger partial charge is 0.349 e. The van der Waals surface area contributed by atoms with Gasteiger partial charge in [-0.1, -0.05) is 48.0 Å². The molecule has 1 N–H and O–H groups in total. The molecule has 0 spiro atoms. The molecule has 0 bridgehead atoms. The molecular weight excluding hydrogens is 370 g/mol. The summed E-state index contributed by atoms with van der Waals surface area (Å²) in [4.78, 5) is 35.9. The van der Waals surface area contributed by atoms with Crippen molar-refractivity contribution in [1.82, 2.24) is 5.32 Å². The number of amides is 1. The van der Waals surface area contributed by atoms with Crippen molar-refractivity contribution < 1.29 is 18.7 Å². The van der Waals surface area contributed by atoms with Crippen LogP contribution in [0.4, 0.5) is 0 Å². The largest absolute Gasteiger partial charge is 0.462 e. The molecule has 3 rings (SSSR count). The van der Waals surface area contributed by atoms with E-state index in [4.69, 9.17) is 9.15 Å². The van der Waals surface area contributed by atoms with Crippen molar-refractivity contribution in [2.75, 3.05) is 13.2 Å². The lowest BCUT2D eigenvalue weighted by atomic mass is 10.1. The van der Waals surface area contributed by atoms with Crippen LogP contribution in [-0.4, -0.2) is 25.0 Å². The normalized spacial score (nSPS) is 10.9. The van der Waals surface area contributed by atoms with Crippen molar-refractivity contribution in [3.05, 3.63) is 87.8 Å². The summed E-state index contributed by atoms with van der Waals surface area (Å²) in [5.74, 6) is -0.970. The molecule has 1 aromatic heterocycles. The van der Waals surface area contributed by atoms with Gasteiger partial charge >= 0.3 is 11.6 Å². The van der Waals surface area contributed by atoms with Crippen LogP contribution in [0, 0.1) is 6.92 Å². The maximum absolute atomic E-state index is 12.2. The van der Waals surface area contributed by atoms with Crippen molar-refractivity contribution in [3.8, 4) is 0 Å². The Morgan fingerprint density at radius 2 is 1.86 bits per heavy atom. The Bertz CT molecular complexity index is 1100. The minimum atomic E-state index is -0.686. The Labute approximate surface area is 167 Å².